The zero-order chi connectivity index (χ0) is 21.2. The highest BCUT2D eigenvalue weighted by atomic mass is 16.1. The topological polar surface area (TPSA) is 94.9 Å². The van der Waals surface area contributed by atoms with Gasteiger partial charge in [-0.25, -0.2) is 9.97 Å². The minimum atomic E-state index is -0.0666. The molecule has 3 aromatic carbocycles. The molecule has 30 heavy (non-hydrogen) atoms. The van der Waals surface area contributed by atoms with E-state index >= 15 is 0 Å². The predicted molar refractivity (Wildman–Crippen MR) is 121 cm³/mol. The lowest BCUT2D eigenvalue weighted by Crippen LogP contribution is -2.02. The lowest BCUT2D eigenvalue weighted by molar-refractivity contribution is 0.103. The minimum absolute atomic E-state index is 0.0666. The molecule has 0 fully saturated rings. The van der Waals surface area contributed by atoms with Crippen LogP contribution in [0.15, 0.2) is 42.5 Å². The maximum atomic E-state index is 13.1. The Hall–Kier alpha value is -3.73. The number of nitrogen functional groups attached to an aromatic ring is 2. The van der Waals surface area contributed by atoms with Gasteiger partial charge < -0.3 is 11.5 Å². The van der Waals surface area contributed by atoms with Crippen molar-refractivity contribution in [2.24, 2.45) is 0 Å². The van der Waals surface area contributed by atoms with Crippen molar-refractivity contribution in [1.29, 1.82) is 0 Å². The van der Waals surface area contributed by atoms with Crippen molar-refractivity contribution in [2.45, 2.75) is 27.2 Å². The third-order valence-corrected chi connectivity index (χ3v) is 6.01. The molecule has 0 atom stereocenters. The standard InChI is InChI=1S/C25H22N4O/c1-12-7-21-22(8-13(12)2)29-24-23(28-21)17-5-4-15(10-18(17)25(24)30)9-16-11-20(27)19(26)6-14(16)3/h4-8,10-11H,9,26-27H2,1-3H3. The van der Waals surface area contributed by atoms with E-state index in [4.69, 9.17) is 16.5 Å². The Morgan fingerprint density at radius 2 is 1.37 bits per heavy atom. The number of anilines is 2. The molecular formula is C25H22N4O. The highest BCUT2D eigenvalue weighted by Crippen LogP contribution is 2.36. The van der Waals surface area contributed by atoms with Crippen LogP contribution in [0.3, 0.4) is 0 Å². The van der Waals surface area contributed by atoms with Crippen molar-refractivity contribution in [3.05, 3.63) is 81.5 Å². The molecule has 0 spiro atoms. The second-order valence-electron chi connectivity index (χ2n) is 8.14. The van der Waals surface area contributed by atoms with E-state index in [0.29, 0.717) is 34.7 Å². The summed E-state index contributed by atoms with van der Waals surface area (Å²) in [7, 11) is 0. The number of carbonyl (C=O) groups is 1. The third-order valence-electron chi connectivity index (χ3n) is 6.01. The average molecular weight is 394 g/mol. The fourth-order valence-corrected chi connectivity index (χ4v) is 4.09. The molecule has 1 aliphatic rings. The molecule has 5 heteroatoms. The van der Waals surface area contributed by atoms with E-state index in [0.717, 1.165) is 44.4 Å². The molecule has 0 bridgehead atoms. The molecule has 0 radical (unpaired) electrons. The number of nitrogens with zero attached hydrogens (tertiary/aromatic N) is 2. The van der Waals surface area contributed by atoms with Crippen LogP contribution in [0.25, 0.3) is 22.3 Å². The van der Waals surface area contributed by atoms with E-state index in [2.05, 4.69) is 11.9 Å². The van der Waals surface area contributed by atoms with Crippen LogP contribution in [-0.4, -0.2) is 15.8 Å². The number of hydrogen-bond acceptors (Lipinski definition) is 5. The largest absolute Gasteiger partial charge is 0.397 e. The second-order valence-corrected chi connectivity index (χ2v) is 8.14. The summed E-state index contributed by atoms with van der Waals surface area (Å²) in [5.41, 5.74) is 22.8. The summed E-state index contributed by atoms with van der Waals surface area (Å²) in [6, 6.07) is 13.8. The van der Waals surface area contributed by atoms with E-state index in [-0.39, 0.29) is 5.78 Å². The van der Waals surface area contributed by atoms with Crippen LogP contribution in [0.4, 0.5) is 11.4 Å². The summed E-state index contributed by atoms with van der Waals surface area (Å²) < 4.78 is 0. The van der Waals surface area contributed by atoms with Gasteiger partial charge in [0.2, 0.25) is 5.78 Å². The summed E-state index contributed by atoms with van der Waals surface area (Å²) in [5.74, 6) is -0.0666. The van der Waals surface area contributed by atoms with Gasteiger partial charge in [-0.3, -0.25) is 4.79 Å². The predicted octanol–water partition coefficient (Wildman–Crippen LogP) is 4.52. The van der Waals surface area contributed by atoms with Crippen LogP contribution in [0, 0.1) is 20.8 Å². The van der Waals surface area contributed by atoms with Crippen molar-refractivity contribution in [1.82, 2.24) is 9.97 Å². The Morgan fingerprint density at radius 3 is 2.07 bits per heavy atom. The first-order valence-corrected chi connectivity index (χ1v) is 9.93. The molecule has 1 aromatic heterocycles. The Bertz CT molecular complexity index is 1390. The van der Waals surface area contributed by atoms with Gasteiger partial charge in [-0.15, -0.1) is 0 Å². The first-order chi connectivity index (χ1) is 14.3. The van der Waals surface area contributed by atoms with E-state index < -0.39 is 0 Å². The molecule has 0 aliphatic heterocycles. The van der Waals surface area contributed by atoms with E-state index in [1.54, 1.807) is 0 Å². The fraction of sp³-hybridized carbons (Fsp3) is 0.160. The fourth-order valence-electron chi connectivity index (χ4n) is 4.09. The molecule has 4 aromatic rings. The number of fused-ring (bicyclic) bond motifs is 4. The number of hydrogen-bond donors (Lipinski definition) is 2. The summed E-state index contributed by atoms with van der Waals surface area (Å²) in [4.78, 5) is 22.6. The van der Waals surface area contributed by atoms with Crippen LogP contribution < -0.4 is 11.5 Å². The maximum Gasteiger partial charge on any atom is 0.214 e. The van der Waals surface area contributed by atoms with E-state index in [9.17, 15) is 4.79 Å². The van der Waals surface area contributed by atoms with E-state index in [1.165, 1.54) is 0 Å². The van der Waals surface area contributed by atoms with Crippen LogP contribution in [0.1, 0.15) is 43.9 Å². The van der Waals surface area contributed by atoms with Crippen molar-refractivity contribution in [2.75, 3.05) is 11.5 Å². The van der Waals surface area contributed by atoms with Crippen molar-refractivity contribution >= 4 is 28.2 Å². The highest BCUT2D eigenvalue weighted by molar-refractivity contribution is 6.20. The second kappa shape index (κ2) is 6.39. The first-order valence-electron chi connectivity index (χ1n) is 9.93. The number of ketones is 1. The number of aryl methyl sites for hydroxylation is 3. The van der Waals surface area contributed by atoms with Gasteiger partial charge in [0.05, 0.1) is 22.4 Å². The van der Waals surface area contributed by atoms with E-state index in [1.807, 2.05) is 56.3 Å². The third kappa shape index (κ3) is 2.74. The van der Waals surface area contributed by atoms with Gasteiger partial charge in [-0.2, -0.15) is 0 Å². The highest BCUT2D eigenvalue weighted by Gasteiger charge is 2.30. The van der Waals surface area contributed by atoms with Gasteiger partial charge in [-0.05, 0) is 85.3 Å². The Kier molecular flexibility index (Phi) is 3.90. The van der Waals surface area contributed by atoms with Crippen LogP contribution >= 0.6 is 0 Å². The quantitative estimate of drug-likeness (QED) is 0.429. The lowest BCUT2D eigenvalue weighted by Gasteiger charge is -2.10. The zero-order valence-corrected chi connectivity index (χ0v) is 17.2. The summed E-state index contributed by atoms with van der Waals surface area (Å²) >= 11 is 0. The van der Waals surface area contributed by atoms with Crippen molar-refractivity contribution in [3.63, 3.8) is 0 Å². The van der Waals surface area contributed by atoms with Crippen molar-refractivity contribution in [3.8, 4) is 11.3 Å². The first kappa shape index (κ1) is 18.3. The Morgan fingerprint density at radius 1 is 0.733 bits per heavy atom. The zero-order valence-electron chi connectivity index (χ0n) is 17.2. The van der Waals surface area contributed by atoms with Gasteiger partial charge in [-0.1, -0.05) is 12.1 Å². The average Bonchev–Trinajstić information content (AvgIpc) is 2.97. The number of rotatable bonds is 2. The number of nitrogens with two attached hydrogens (primary N) is 2. The molecule has 148 valence electrons. The summed E-state index contributed by atoms with van der Waals surface area (Å²) in [6.07, 6.45) is 0.675. The number of carbonyl (C=O) groups excluding carboxylic acids is 1. The summed E-state index contributed by atoms with van der Waals surface area (Å²) in [5, 5.41) is 0. The normalized spacial score (nSPS) is 12.3. The molecule has 1 heterocycles. The molecule has 4 N–H and O–H groups in total. The summed E-state index contributed by atoms with van der Waals surface area (Å²) in [6.45, 7) is 6.11. The Labute approximate surface area is 174 Å². The molecule has 5 rings (SSSR count). The molecule has 0 saturated carbocycles. The van der Waals surface area contributed by atoms with Crippen LogP contribution in [0.5, 0.6) is 0 Å². The van der Waals surface area contributed by atoms with Crippen LogP contribution in [-0.2, 0) is 6.42 Å². The van der Waals surface area contributed by atoms with Gasteiger partial charge in [0.25, 0.3) is 0 Å². The van der Waals surface area contributed by atoms with Gasteiger partial charge in [0.1, 0.15) is 11.4 Å². The Balaban J connectivity index is 1.58. The smallest absolute Gasteiger partial charge is 0.214 e. The number of benzene rings is 3. The van der Waals surface area contributed by atoms with Gasteiger partial charge >= 0.3 is 0 Å². The van der Waals surface area contributed by atoms with Gasteiger partial charge in [0.15, 0.2) is 0 Å². The maximum absolute atomic E-state index is 13.1. The van der Waals surface area contributed by atoms with Gasteiger partial charge in [0, 0.05) is 11.1 Å². The molecular weight excluding hydrogens is 372 g/mol. The molecule has 1 aliphatic carbocycles. The lowest BCUT2D eigenvalue weighted by atomic mass is 9.96. The minimum Gasteiger partial charge on any atom is -0.397 e. The SMILES string of the molecule is Cc1cc2nc3c(nc2cc1C)-c1ccc(Cc2cc(N)c(N)cc2C)cc1C3=O. The molecule has 0 unspecified atom stereocenters. The molecule has 0 saturated heterocycles. The molecule has 5 nitrogen and oxygen atoms in total. The monoisotopic (exact) mass is 394 g/mol. The number of aromatic nitrogens is 2. The molecule has 0 amide bonds. The van der Waals surface area contributed by atoms with Crippen LogP contribution in [0.2, 0.25) is 0 Å². The van der Waals surface area contributed by atoms with Crippen molar-refractivity contribution < 1.29 is 4.79 Å².